The molecule has 1 aromatic heterocycles. The lowest BCUT2D eigenvalue weighted by atomic mass is 9.76. The van der Waals surface area contributed by atoms with Gasteiger partial charge in [0, 0.05) is 67.1 Å². The maximum absolute atomic E-state index is 12.7. The summed E-state index contributed by atoms with van der Waals surface area (Å²) >= 11 is 0. The van der Waals surface area contributed by atoms with Crippen LogP contribution >= 0.6 is 0 Å². The van der Waals surface area contributed by atoms with Gasteiger partial charge in [-0.25, -0.2) is 4.79 Å². The number of anilines is 2. The zero-order valence-electron chi connectivity index (χ0n) is 19.9. The van der Waals surface area contributed by atoms with Gasteiger partial charge in [0.05, 0.1) is 17.8 Å². The van der Waals surface area contributed by atoms with Crippen LogP contribution in [0.4, 0.5) is 16.2 Å². The van der Waals surface area contributed by atoms with Gasteiger partial charge in [-0.1, -0.05) is 12.1 Å². The second-order valence-electron chi connectivity index (χ2n) is 10.6. The molecule has 3 aliphatic heterocycles. The van der Waals surface area contributed by atoms with E-state index in [1.165, 1.54) is 4.90 Å². The lowest BCUT2D eigenvalue weighted by Crippen LogP contribution is -2.48. The van der Waals surface area contributed by atoms with Crippen molar-refractivity contribution in [3.8, 4) is 0 Å². The van der Waals surface area contributed by atoms with Gasteiger partial charge in [-0.05, 0) is 41.5 Å². The fourth-order valence-electron chi connectivity index (χ4n) is 6.67. The van der Waals surface area contributed by atoms with Gasteiger partial charge >= 0.3 is 6.03 Å². The summed E-state index contributed by atoms with van der Waals surface area (Å²) in [6.07, 6.45) is 1.38. The molecule has 3 aromatic rings. The van der Waals surface area contributed by atoms with Gasteiger partial charge < -0.3 is 20.9 Å². The summed E-state index contributed by atoms with van der Waals surface area (Å²) in [6, 6.07) is 13.9. The molecule has 1 fully saturated rings. The van der Waals surface area contributed by atoms with Gasteiger partial charge in [0.25, 0.3) is 5.91 Å². The number of hydrogen-bond acceptors (Lipinski definition) is 6. The van der Waals surface area contributed by atoms with Crippen molar-refractivity contribution < 1.29 is 14.4 Å². The molecule has 0 bridgehead atoms. The molecule has 0 radical (unpaired) electrons. The van der Waals surface area contributed by atoms with Crippen molar-refractivity contribution in [3.05, 3.63) is 64.8 Å². The number of carbonyl (C=O) groups is 3. The molecule has 36 heavy (non-hydrogen) atoms. The van der Waals surface area contributed by atoms with Crippen LogP contribution in [0.1, 0.15) is 28.8 Å². The van der Waals surface area contributed by atoms with Gasteiger partial charge in [-0.3, -0.25) is 19.9 Å². The van der Waals surface area contributed by atoms with Gasteiger partial charge in [0.15, 0.2) is 0 Å². The Hall–Kier alpha value is -3.98. The minimum Gasteiger partial charge on any atom is -0.364 e. The molecule has 182 valence electrons. The SMILES string of the molecule is CN1C(=O)NC(=O)C12Cc1cc3ccc(CN4CC5(CN)CC(=O)Nc6cccc4c65)nc3cc1C2. The van der Waals surface area contributed by atoms with Crippen molar-refractivity contribution >= 4 is 40.1 Å². The fourth-order valence-corrected chi connectivity index (χ4v) is 6.67. The largest absolute Gasteiger partial charge is 0.364 e. The van der Waals surface area contributed by atoms with E-state index in [2.05, 4.69) is 39.8 Å². The summed E-state index contributed by atoms with van der Waals surface area (Å²) in [5.74, 6) is -0.226. The molecule has 4 N–H and O–H groups in total. The minimum atomic E-state index is -0.847. The third-order valence-corrected chi connectivity index (χ3v) is 8.55. The third-order valence-electron chi connectivity index (χ3n) is 8.55. The molecular formula is C27H26N6O3. The summed E-state index contributed by atoms with van der Waals surface area (Å²) in [6.45, 7) is 1.68. The first-order valence-corrected chi connectivity index (χ1v) is 12.2. The first-order chi connectivity index (χ1) is 17.3. The van der Waals surface area contributed by atoms with Crippen molar-refractivity contribution in [1.29, 1.82) is 0 Å². The van der Waals surface area contributed by atoms with Crippen LogP contribution in [0.25, 0.3) is 10.9 Å². The highest BCUT2D eigenvalue weighted by molar-refractivity contribution is 6.08. The highest BCUT2D eigenvalue weighted by atomic mass is 16.2. The third kappa shape index (κ3) is 2.74. The number of amides is 4. The summed E-state index contributed by atoms with van der Waals surface area (Å²) in [7, 11) is 1.68. The Morgan fingerprint density at radius 3 is 2.58 bits per heavy atom. The van der Waals surface area contributed by atoms with Crippen LogP contribution in [0.15, 0.2) is 42.5 Å². The van der Waals surface area contributed by atoms with Gasteiger partial charge in [0.1, 0.15) is 5.54 Å². The second kappa shape index (κ2) is 7.04. The molecule has 0 saturated carbocycles. The van der Waals surface area contributed by atoms with Gasteiger partial charge in [0.2, 0.25) is 5.91 Å². The quantitative estimate of drug-likeness (QED) is 0.490. The summed E-state index contributed by atoms with van der Waals surface area (Å²) < 4.78 is 0. The normalized spacial score (nSPS) is 26.0. The number of fused-ring (bicyclic) bond motifs is 2. The van der Waals surface area contributed by atoms with Crippen LogP contribution < -0.4 is 21.3 Å². The van der Waals surface area contributed by atoms with E-state index in [9.17, 15) is 14.4 Å². The van der Waals surface area contributed by atoms with E-state index in [1.807, 2.05) is 18.2 Å². The Labute approximate surface area is 207 Å². The van der Waals surface area contributed by atoms with E-state index in [4.69, 9.17) is 10.7 Å². The Kier molecular flexibility index (Phi) is 4.17. The predicted octanol–water partition coefficient (Wildman–Crippen LogP) is 1.81. The number of urea groups is 1. The molecule has 4 amide bonds. The van der Waals surface area contributed by atoms with E-state index in [1.54, 1.807) is 7.05 Å². The number of benzene rings is 2. The van der Waals surface area contributed by atoms with Crippen molar-refractivity contribution in [2.45, 2.75) is 36.8 Å². The molecule has 2 atom stereocenters. The topological polar surface area (TPSA) is 121 Å². The molecule has 7 rings (SSSR count). The van der Waals surface area contributed by atoms with Crippen molar-refractivity contribution in [1.82, 2.24) is 15.2 Å². The zero-order valence-corrected chi connectivity index (χ0v) is 19.9. The number of likely N-dealkylation sites (N-methyl/N-ethyl adjacent to an activating group) is 1. The zero-order chi connectivity index (χ0) is 24.8. The molecule has 4 heterocycles. The maximum atomic E-state index is 12.7. The minimum absolute atomic E-state index is 0.00527. The van der Waals surface area contributed by atoms with Crippen molar-refractivity contribution in [2.24, 2.45) is 5.73 Å². The lowest BCUT2D eigenvalue weighted by Gasteiger charge is -2.33. The van der Waals surface area contributed by atoms with Crippen LogP contribution in [0.5, 0.6) is 0 Å². The van der Waals surface area contributed by atoms with Crippen LogP contribution in [-0.2, 0) is 34.4 Å². The van der Waals surface area contributed by atoms with Crippen LogP contribution in [-0.4, -0.2) is 53.4 Å². The Morgan fingerprint density at radius 1 is 1.03 bits per heavy atom. The van der Waals surface area contributed by atoms with E-state index in [0.29, 0.717) is 38.9 Å². The van der Waals surface area contributed by atoms with Crippen LogP contribution in [0.2, 0.25) is 0 Å². The summed E-state index contributed by atoms with van der Waals surface area (Å²) in [5.41, 5.74) is 12.0. The van der Waals surface area contributed by atoms with Crippen LogP contribution in [0, 0.1) is 0 Å². The highest BCUT2D eigenvalue weighted by Crippen LogP contribution is 2.49. The molecule has 4 aliphatic rings. The number of rotatable bonds is 3. The van der Waals surface area contributed by atoms with Crippen molar-refractivity contribution in [2.75, 3.05) is 30.4 Å². The highest BCUT2D eigenvalue weighted by Gasteiger charge is 2.54. The van der Waals surface area contributed by atoms with Crippen LogP contribution in [0.3, 0.4) is 0 Å². The molecule has 9 heteroatoms. The first kappa shape index (κ1) is 21.3. The van der Waals surface area contributed by atoms with Crippen molar-refractivity contribution in [3.63, 3.8) is 0 Å². The average Bonchev–Trinajstić information content (AvgIpc) is 3.45. The van der Waals surface area contributed by atoms with Gasteiger partial charge in [-0.2, -0.15) is 0 Å². The Bertz CT molecular complexity index is 1520. The predicted molar refractivity (Wildman–Crippen MR) is 135 cm³/mol. The molecular weight excluding hydrogens is 456 g/mol. The number of pyridine rings is 1. The number of hydrogen-bond donors (Lipinski definition) is 3. The molecule has 9 nitrogen and oxygen atoms in total. The molecule has 1 spiro atoms. The fraction of sp³-hybridized carbons (Fsp3) is 0.333. The van der Waals surface area contributed by atoms with E-state index < -0.39 is 5.54 Å². The van der Waals surface area contributed by atoms with E-state index in [0.717, 1.165) is 44.7 Å². The molecule has 1 saturated heterocycles. The Balaban J connectivity index is 1.22. The number of nitrogens with two attached hydrogens (primary N) is 1. The monoisotopic (exact) mass is 482 g/mol. The lowest BCUT2D eigenvalue weighted by molar-refractivity contribution is -0.125. The van der Waals surface area contributed by atoms with E-state index >= 15 is 0 Å². The molecule has 2 aromatic carbocycles. The summed E-state index contributed by atoms with van der Waals surface area (Å²) in [5, 5.41) is 6.46. The molecule has 2 unspecified atom stereocenters. The number of aromatic nitrogens is 1. The standard InChI is InChI=1S/C27H26N6O3/c1-32-25(36)31-24(35)27(32)9-16-7-15-5-6-18(29-20(15)8-17(16)10-27)12-33-14-26(13-28)11-22(34)30-19-3-2-4-21(33)23(19)26/h2-8H,9-14,28H2,1H3,(H,30,34)(H,31,35,36). The number of imide groups is 1. The smallest absolute Gasteiger partial charge is 0.324 e. The summed E-state index contributed by atoms with van der Waals surface area (Å²) in [4.78, 5) is 45.9. The second-order valence-corrected chi connectivity index (χ2v) is 10.6. The number of carbonyl (C=O) groups excluding carboxylic acids is 3. The maximum Gasteiger partial charge on any atom is 0.324 e. The Morgan fingerprint density at radius 2 is 1.83 bits per heavy atom. The average molecular weight is 483 g/mol. The number of nitrogens with zero attached hydrogens (tertiary/aromatic N) is 3. The molecule has 1 aliphatic carbocycles. The first-order valence-electron chi connectivity index (χ1n) is 12.2. The van der Waals surface area contributed by atoms with E-state index in [-0.39, 0.29) is 23.3 Å². The van der Waals surface area contributed by atoms with Gasteiger partial charge in [-0.15, -0.1) is 0 Å². The number of nitrogens with one attached hydrogen (secondary N) is 2.